The number of ether oxygens (including phenoxy) is 1. The van der Waals surface area contributed by atoms with E-state index in [1.165, 1.54) is 6.08 Å². The largest absolute Gasteiger partial charge is 0.484 e. The minimum atomic E-state index is -1.07. The zero-order valence-corrected chi connectivity index (χ0v) is 20.5. The third kappa shape index (κ3) is 5.44. The van der Waals surface area contributed by atoms with Crippen LogP contribution in [0.15, 0.2) is 85.6 Å². The van der Waals surface area contributed by atoms with Gasteiger partial charge in [0.2, 0.25) is 11.9 Å². The van der Waals surface area contributed by atoms with Gasteiger partial charge in [-0.25, -0.2) is 14.4 Å². The van der Waals surface area contributed by atoms with Gasteiger partial charge in [0.1, 0.15) is 11.4 Å². The van der Waals surface area contributed by atoms with E-state index in [2.05, 4.69) is 27.5 Å². The van der Waals surface area contributed by atoms with E-state index < -0.39 is 11.8 Å². The summed E-state index contributed by atoms with van der Waals surface area (Å²) < 4.78 is 20.4. The lowest BCUT2D eigenvalue weighted by Crippen LogP contribution is -2.53. The first kappa shape index (κ1) is 24.4. The van der Waals surface area contributed by atoms with E-state index in [0.717, 1.165) is 34.3 Å². The predicted molar refractivity (Wildman–Crippen MR) is 145 cm³/mol. The number of carbonyl (C=O) groups excluding carboxylic acids is 1. The Hall–Kier alpha value is -4.30. The summed E-state index contributed by atoms with van der Waals surface area (Å²) in [4.78, 5) is 21.0. The molecule has 2 atom stereocenters. The normalized spacial score (nSPS) is 19.2. The fourth-order valence-corrected chi connectivity index (χ4v) is 4.36. The maximum atomic E-state index is 14.4. The Morgan fingerprint density at radius 1 is 1.16 bits per heavy atom. The van der Waals surface area contributed by atoms with Crippen molar-refractivity contribution >= 4 is 34.1 Å². The second-order valence-electron chi connectivity index (χ2n) is 9.20. The number of nitrogens with zero attached hydrogens (tertiary/aromatic N) is 2. The molecule has 2 heterocycles. The van der Waals surface area contributed by atoms with Crippen molar-refractivity contribution < 1.29 is 13.9 Å². The fraction of sp³-hybridized carbons (Fsp3) is 0.207. The number of benzene rings is 3. The fourth-order valence-electron chi connectivity index (χ4n) is 4.36. The second-order valence-corrected chi connectivity index (χ2v) is 9.20. The zero-order chi connectivity index (χ0) is 25.8. The Balaban J connectivity index is 1.37. The molecule has 0 unspecified atom stereocenters. The molecule has 4 aromatic rings. The van der Waals surface area contributed by atoms with Crippen LogP contribution in [0.2, 0.25) is 0 Å². The maximum absolute atomic E-state index is 14.4. The molecule has 8 heteroatoms. The second kappa shape index (κ2) is 10.4. The number of piperidine rings is 1. The Bertz CT molecular complexity index is 1440. The molecule has 0 saturated carbocycles. The number of carbonyl (C=O) groups is 1. The first-order valence-corrected chi connectivity index (χ1v) is 12.1. The van der Waals surface area contributed by atoms with Gasteiger partial charge in [-0.3, -0.25) is 4.79 Å². The summed E-state index contributed by atoms with van der Waals surface area (Å²) in [5.74, 6) is 0.788. The minimum absolute atomic E-state index is 0.269. The molecule has 3 N–H and O–H groups in total. The molecule has 7 nitrogen and oxygen atoms in total. The van der Waals surface area contributed by atoms with Gasteiger partial charge in [0.15, 0.2) is 6.17 Å². The summed E-state index contributed by atoms with van der Waals surface area (Å²) in [6.07, 6.45) is 2.54. The molecule has 37 heavy (non-hydrogen) atoms. The van der Waals surface area contributed by atoms with Crippen molar-refractivity contribution in [3.8, 4) is 16.9 Å². The van der Waals surface area contributed by atoms with Gasteiger partial charge in [0.05, 0.1) is 5.52 Å². The van der Waals surface area contributed by atoms with Gasteiger partial charge in [-0.15, -0.1) is 0 Å². The Kier molecular flexibility index (Phi) is 6.83. The predicted octanol–water partition coefficient (Wildman–Crippen LogP) is 5.63. The highest BCUT2D eigenvalue weighted by Crippen LogP contribution is 2.31. The van der Waals surface area contributed by atoms with Crippen molar-refractivity contribution in [3.63, 3.8) is 0 Å². The van der Waals surface area contributed by atoms with Gasteiger partial charge in [0.25, 0.3) is 0 Å². The molecule has 1 amide bonds. The molecule has 1 aromatic heterocycles. The number of rotatable bonds is 7. The van der Waals surface area contributed by atoms with E-state index in [-0.39, 0.29) is 5.91 Å². The van der Waals surface area contributed by atoms with E-state index in [0.29, 0.717) is 30.4 Å². The summed E-state index contributed by atoms with van der Waals surface area (Å²) in [6.45, 7) is 6.34. The number of hydrogen-bond donors (Lipinski definition) is 3. The van der Waals surface area contributed by atoms with E-state index in [4.69, 9.17) is 9.72 Å². The van der Waals surface area contributed by atoms with Crippen molar-refractivity contribution in [2.75, 3.05) is 23.7 Å². The highest BCUT2D eigenvalue weighted by Gasteiger charge is 2.39. The van der Waals surface area contributed by atoms with Crippen LogP contribution >= 0.6 is 0 Å². The third-order valence-electron chi connectivity index (χ3n) is 6.48. The van der Waals surface area contributed by atoms with Crippen LogP contribution in [-0.2, 0) is 4.79 Å². The van der Waals surface area contributed by atoms with Gasteiger partial charge in [-0.05, 0) is 61.5 Å². The molecule has 1 aliphatic heterocycles. The lowest BCUT2D eigenvalue weighted by molar-refractivity contribution is -0.111. The average Bonchev–Trinajstić information content (AvgIpc) is 2.91. The molecule has 5 rings (SSSR count). The molecule has 1 saturated heterocycles. The standard InChI is InChI=1S/C29H28FN5O2/c1-3-26(36)33-22-8-4-6-19(16-22)24-9-5-7-20-17-32-28(35-27(20)24)34-21-10-12-23(13-11-21)37-29(2)14-15-31-18-25(29)30/h3-13,16-17,25,31H,1,14-15,18H2,2H3,(H,33,36)(H,32,34,35)/t25-,29+/m1/s1. The molecule has 0 bridgehead atoms. The van der Waals surface area contributed by atoms with Crippen LogP contribution in [-0.4, -0.2) is 40.7 Å². The van der Waals surface area contributed by atoms with Gasteiger partial charge in [0, 0.05) is 41.5 Å². The highest BCUT2D eigenvalue weighted by molar-refractivity contribution is 6.00. The monoisotopic (exact) mass is 497 g/mol. The van der Waals surface area contributed by atoms with Crippen molar-refractivity contribution in [1.29, 1.82) is 0 Å². The highest BCUT2D eigenvalue weighted by atomic mass is 19.1. The van der Waals surface area contributed by atoms with Crippen LogP contribution in [0.25, 0.3) is 22.0 Å². The van der Waals surface area contributed by atoms with Crippen molar-refractivity contribution in [2.24, 2.45) is 0 Å². The number of fused-ring (bicyclic) bond motifs is 1. The summed E-state index contributed by atoms with van der Waals surface area (Å²) in [6, 6.07) is 20.8. The molecular weight excluding hydrogens is 469 g/mol. The number of halogens is 1. The smallest absolute Gasteiger partial charge is 0.247 e. The molecule has 1 aliphatic rings. The van der Waals surface area contributed by atoms with Crippen molar-refractivity contribution in [3.05, 3.63) is 85.6 Å². The summed E-state index contributed by atoms with van der Waals surface area (Å²) in [5, 5.41) is 9.98. The van der Waals surface area contributed by atoms with Crippen LogP contribution in [0.1, 0.15) is 13.3 Å². The number of para-hydroxylation sites is 1. The van der Waals surface area contributed by atoms with Crippen molar-refractivity contribution in [1.82, 2.24) is 15.3 Å². The quantitative estimate of drug-likeness (QED) is 0.287. The van der Waals surface area contributed by atoms with Gasteiger partial charge < -0.3 is 20.7 Å². The maximum Gasteiger partial charge on any atom is 0.247 e. The minimum Gasteiger partial charge on any atom is -0.484 e. The van der Waals surface area contributed by atoms with Crippen LogP contribution in [0.3, 0.4) is 0 Å². The van der Waals surface area contributed by atoms with E-state index >= 15 is 0 Å². The first-order valence-electron chi connectivity index (χ1n) is 12.1. The first-order chi connectivity index (χ1) is 17.9. The zero-order valence-electron chi connectivity index (χ0n) is 20.5. The Morgan fingerprint density at radius 3 is 2.76 bits per heavy atom. The topological polar surface area (TPSA) is 88.2 Å². The number of alkyl halides is 1. The van der Waals surface area contributed by atoms with E-state index in [9.17, 15) is 9.18 Å². The number of hydrogen-bond acceptors (Lipinski definition) is 6. The molecule has 188 valence electrons. The van der Waals surface area contributed by atoms with E-state index in [1.807, 2.05) is 73.7 Å². The van der Waals surface area contributed by atoms with E-state index in [1.54, 1.807) is 6.20 Å². The van der Waals surface area contributed by atoms with Crippen LogP contribution in [0, 0.1) is 0 Å². The molecule has 1 fully saturated rings. The van der Waals surface area contributed by atoms with Gasteiger partial charge in [-0.2, -0.15) is 0 Å². The third-order valence-corrected chi connectivity index (χ3v) is 6.48. The Morgan fingerprint density at radius 2 is 1.97 bits per heavy atom. The van der Waals surface area contributed by atoms with Crippen LogP contribution in [0.5, 0.6) is 5.75 Å². The summed E-state index contributed by atoms with van der Waals surface area (Å²) in [7, 11) is 0. The van der Waals surface area contributed by atoms with Gasteiger partial charge in [-0.1, -0.05) is 36.9 Å². The van der Waals surface area contributed by atoms with Crippen LogP contribution < -0.4 is 20.7 Å². The number of amides is 1. The number of nitrogens with one attached hydrogen (secondary N) is 3. The summed E-state index contributed by atoms with van der Waals surface area (Å²) in [5.41, 5.74) is 3.22. The van der Waals surface area contributed by atoms with Gasteiger partial charge >= 0.3 is 0 Å². The summed E-state index contributed by atoms with van der Waals surface area (Å²) >= 11 is 0. The molecule has 3 aromatic carbocycles. The Labute approximate surface area is 214 Å². The lowest BCUT2D eigenvalue weighted by atomic mass is 9.92. The molecular formula is C29H28FN5O2. The average molecular weight is 498 g/mol. The molecule has 0 radical (unpaired) electrons. The molecule has 0 spiro atoms. The van der Waals surface area contributed by atoms with Crippen molar-refractivity contribution in [2.45, 2.75) is 25.1 Å². The molecule has 0 aliphatic carbocycles. The van der Waals surface area contributed by atoms with Crippen LogP contribution in [0.4, 0.5) is 21.7 Å². The lowest BCUT2D eigenvalue weighted by Gasteiger charge is -2.37. The SMILES string of the molecule is C=CC(=O)Nc1cccc(-c2cccc3cnc(Nc4ccc(O[C@@]5(C)CCNC[C@H]5F)cc4)nc23)c1. The number of aromatic nitrogens is 2. The number of anilines is 3.